The minimum atomic E-state index is -1.08. The van der Waals surface area contributed by atoms with E-state index in [1.54, 1.807) is 0 Å². The zero-order valence-electron chi connectivity index (χ0n) is 22.9. The van der Waals surface area contributed by atoms with Gasteiger partial charge in [-0.05, 0) is 58.8 Å². The van der Waals surface area contributed by atoms with Gasteiger partial charge < -0.3 is 20.5 Å². The van der Waals surface area contributed by atoms with Crippen LogP contribution in [0.2, 0.25) is 0 Å². The highest BCUT2D eigenvalue weighted by Gasteiger charge is 2.27. The quantitative estimate of drug-likeness (QED) is 0.176. The van der Waals surface area contributed by atoms with E-state index in [4.69, 9.17) is 10.5 Å². The molecule has 0 aliphatic heterocycles. The van der Waals surface area contributed by atoms with Crippen LogP contribution in [-0.4, -0.2) is 43.1 Å². The maximum absolute atomic E-state index is 12.1. The minimum Gasteiger partial charge on any atom is -0.468 e. The van der Waals surface area contributed by atoms with E-state index >= 15 is 0 Å². The number of carbonyl (C=O) groups excluding carboxylic acids is 3. The highest BCUT2D eigenvalue weighted by Crippen LogP contribution is 2.03. The Balaban J connectivity index is 3.93. The van der Waals surface area contributed by atoms with Gasteiger partial charge in [0.1, 0.15) is 18.2 Å². The highest BCUT2D eigenvalue weighted by molar-refractivity contribution is 5.84. The van der Waals surface area contributed by atoms with Crippen LogP contribution in [0.15, 0.2) is 72.9 Å². The van der Waals surface area contributed by atoms with E-state index in [0.717, 1.165) is 38.5 Å². The van der Waals surface area contributed by atoms with E-state index in [-0.39, 0.29) is 12.3 Å². The predicted octanol–water partition coefficient (Wildman–Crippen LogP) is 5.40. The van der Waals surface area contributed by atoms with Crippen molar-refractivity contribution in [2.24, 2.45) is 5.73 Å². The van der Waals surface area contributed by atoms with Crippen LogP contribution in [0.5, 0.6) is 0 Å². The molecular weight excluding hydrogens is 468 g/mol. The molecule has 0 radical (unpaired) electrons. The minimum absolute atomic E-state index is 0.256. The molecule has 0 aliphatic rings. The van der Waals surface area contributed by atoms with Gasteiger partial charge in [0, 0.05) is 6.42 Å². The average molecular weight is 515 g/mol. The maximum Gasteiger partial charge on any atom is 0.328 e. The molecule has 0 rings (SSSR count). The van der Waals surface area contributed by atoms with Crippen molar-refractivity contribution in [3.63, 3.8) is 0 Å². The Kier molecular flexibility index (Phi) is 21.2. The summed E-state index contributed by atoms with van der Waals surface area (Å²) in [6.45, 7) is 5.16. The molecule has 3 N–H and O–H groups in total. The molecule has 0 aliphatic carbocycles. The number of methoxy groups -OCH3 is 1. The number of hydrogen-bond donors (Lipinski definition) is 2. The third-order valence-corrected chi connectivity index (χ3v) is 5.15. The molecule has 0 unspecified atom stereocenters. The fraction of sp³-hybridized carbons (Fsp3) is 0.500. The third-order valence-electron chi connectivity index (χ3n) is 5.15. The summed E-state index contributed by atoms with van der Waals surface area (Å²) in [5.74, 6) is -1.59. The van der Waals surface area contributed by atoms with E-state index in [0.29, 0.717) is 6.42 Å². The van der Waals surface area contributed by atoms with Crippen molar-refractivity contribution < 1.29 is 23.9 Å². The van der Waals surface area contributed by atoms with Gasteiger partial charge in [-0.15, -0.1) is 0 Å². The van der Waals surface area contributed by atoms with Gasteiger partial charge in [0.25, 0.3) is 0 Å². The van der Waals surface area contributed by atoms with Crippen LogP contribution in [0.1, 0.15) is 72.1 Å². The summed E-state index contributed by atoms with van der Waals surface area (Å²) in [6, 6.07) is -1.92. The number of nitrogens with one attached hydrogen (secondary N) is 1. The van der Waals surface area contributed by atoms with Crippen molar-refractivity contribution in [2.75, 3.05) is 7.11 Å². The Hall–Kier alpha value is -3.19. The lowest BCUT2D eigenvalue weighted by molar-refractivity contribution is -0.157. The number of nitrogens with two attached hydrogens (primary N) is 1. The van der Waals surface area contributed by atoms with Crippen molar-refractivity contribution in [3.8, 4) is 0 Å². The molecule has 0 saturated carbocycles. The normalized spacial score (nSPS) is 14.8. The molecule has 7 nitrogen and oxygen atoms in total. The monoisotopic (exact) mass is 514 g/mol. The summed E-state index contributed by atoms with van der Waals surface area (Å²) in [7, 11) is 1.21. The second-order valence-corrected chi connectivity index (χ2v) is 8.43. The van der Waals surface area contributed by atoms with Crippen molar-refractivity contribution >= 4 is 17.8 Å². The first-order valence-corrected chi connectivity index (χ1v) is 13.1. The van der Waals surface area contributed by atoms with E-state index in [1.807, 2.05) is 12.2 Å². The molecule has 0 aromatic rings. The molecule has 206 valence electrons. The Labute approximate surface area is 223 Å². The molecule has 0 bridgehead atoms. The number of amides is 1. The standard InChI is InChI=1S/C30H46N2O5/c1-5-6-7-8-9-10-11-12-13-14-15-16-17-18-19-20-21-22-23-24-27(33)32-25(2)29(34)37-26(3)28(31)30(35)36-4/h6-7,9-10,12-13,15-16,18-19,21-22,25-26,28H,5,8,11,14,17,20,23-24,31H2,1-4H3,(H,32,33)/b7-6-,10-9-,13-12-,16-15-,19-18-,22-21-/t25-,26+,28-/m0/s1. The van der Waals surface area contributed by atoms with E-state index in [9.17, 15) is 14.4 Å². The van der Waals surface area contributed by atoms with E-state index in [1.165, 1.54) is 21.0 Å². The predicted molar refractivity (Wildman–Crippen MR) is 151 cm³/mol. The van der Waals surface area contributed by atoms with Crippen molar-refractivity contribution in [2.45, 2.75) is 90.3 Å². The summed E-state index contributed by atoms with van der Waals surface area (Å²) in [4.78, 5) is 35.5. The van der Waals surface area contributed by atoms with Gasteiger partial charge in [-0.1, -0.05) is 79.8 Å². The summed E-state index contributed by atoms with van der Waals surface area (Å²) in [5, 5.41) is 2.59. The molecule has 7 heteroatoms. The fourth-order valence-corrected chi connectivity index (χ4v) is 2.91. The molecule has 0 aromatic carbocycles. The second-order valence-electron chi connectivity index (χ2n) is 8.43. The molecule has 0 fully saturated rings. The zero-order chi connectivity index (χ0) is 27.7. The largest absolute Gasteiger partial charge is 0.468 e. The van der Waals surface area contributed by atoms with Crippen LogP contribution < -0.4 is 11.1 Å². The second kappa shape index (κ2) is 23.2. The van der Waals surface area contributed by atoms with Crippen molar-refractivity contribution in [1.29, 1.82) is 0 Å². The molecule has 3 atom stereocenters. The number of rotatable bonds is 19. The molecular formula is C30H46N2O5. The van der Waals surface area contributed by atoms with Crippen LogP contribution >= 0.6 is 0 Å². The number of esters is 2. The summed E-state index contributed by atoms with van der Waals surface area (Å²) >= 11 is 0. The molecule has 0 aromatic heterocycles. The molecule has 0 saturated heterocycles. The Morgan fingerprint density at radius 3 is 1.59 bits per heavy atom. The molecule has 0 spiro atoms. The van der Waals surface area contributed by atoms with Gasteiger partial charge in [0.05, 0.1) is 7.11 Å². The van der Waals surface area contributed by atoms with Crippen LogP contribution in [0.3, 0.4) is 0 Å². The Morgan fingerprint density at radius 2 is 1.16 bits per heavy atom. The van der Waals surface area contributed by atoms with Crippen molar-refractivity contribution in [1.82, 2.24) is 5.32 Å². The fourth-order valence-electron chi connectivity index (χ4n) is 2.91. The summed E-state index contributed by atoms with van der Waals surface area (Å²) < 4.78 is 9.65. The van der Waals surface area contributed by atoms with Crippen LogP contribution in [-0.2, 0) is 23.9 Å². The average Bonchev–Trinajstić information content (AvgIpc) is 2.88. The molecule has 37 heavy (non-hydrogen) atoms. The van der Waals surface area contributed by atoms with Crippen LogP contribution in [0, 0.1) is 0 Å². The van der Waals surface area contributed by atoms with E-state index in [2.05, 4.69) is 77.7 Å². The lowest BCUT2D eigenvalue weighted by Gasteiger charge is -2.21. The maximum atomic E-state index is 12.1. The van der Waals surface area contributed by atoms with Gasteiger partial charge in [0.15, 0.2) is 0 Å². The smallest absolute Gasteiger partial charge is 0.328 e. The SMILES string of the molecule is CC/C=C\C/C=C\C/C=C\C/C=C\C/C=C\C/C=C\CCC(=O)N[C@@H](C)C(=O)O[C@H](C)[C@H](N)C(=O)OC. The van der Waals surface area contributed by atoms with Gasteiger partial charge in [0.2, 0.25) is 5.91 Å². The first-order valence-electron chi connectivity index (χ1n) is 13.1. The van der Waals surface area contributed by atoms with Gasteiger partial charge in [-0.3, -0.25) is 9.59 Å². The topological polar surface area (TPSA) is 108 Å². The van der Waals surface area contributed by atoms with Gasteiger partial charge in [-0.2, -0.15) is 0 Å². The van der Waals surface area contributed by atoms with E-state index < -0.39 is 30.1 Å². The highest BCUT2D eigenvalue weighted by atomic mass is 16.6. The molecule has 0 heterocycles. The first kappa shape index (κ1) is 33.8. The number of allylic oxidation sites excluding steroid dienone is 12. The zero-order valence-corrected chi connectivity index (χ0v) is 22.9. The summed E-state index contributed by atoms with van der Waals surface area (Å²) in [6.07, 6.45) is 31.2. The lowest BCUT2D eigenvalue weighted by atomic mass is 10.2. The third kappa shape index (κ3) is 19.7. The lowest BCUT2D eigenvalue weighted by Crippen LogP contribution is -2.47. The Bertz CT molecular complexity index is 824. The molecule has 1 amide bonds. The first-order chi connectivity index (χ1) is 17.8. The number of carbonyl (C=O) groups is 3. The number of hydrogen-bond acceptors (Lipinski definition) is 6. The van der Waals surface area contributed by atoms with Crippen LogP contribution in [0.4, 0.5) is 0 Å². The van der Waals surface area contributed by atoms with Gasteiger partial charge in [-0.25, -0.2) is 4.79 Å². The summed E-state index contributed by atoms with van der Waals surface area (Å²) in [5.41, 5.74) is 5.64. The van der Waals surface area contributed by atoms with Crippen LogP contribution in [0.25, 0.3) is 0 Å². The van der Waals surface area contributed by atoms with Crippen molar-refractivity contribution in [3.05, 3.63) is 72.9 Å². The number of ether oxygens (including phenoxy) is 2. The van der Waals surface area contributed by atoms with Gasteiger partial charge >= 0.3 is 11.9 Å². The Morgan fingerprint density at radius 1 is 0.730 bits per heavy atom.